The highest BCUT2D eigenvalue weighted by Gasteiger charge is 2.19. The zero-order valence-electron chi connectivity index (χ0n) is 10.4. The van der Waals surface area contributed by atoms with Gasteiger partial charge in [-0.15, -0.1) is 0 Å². The number of aliphatic hydroxyl groups excluding tert-OH is 1. The van der Waals surface area contributed by atoms with Crippen LogP contribution in [0, 0.1) is 0 Å². The minimum Gasteiger partial charge on any atom is -0.394 e. The Morgan fingerprint density at radius 2 is 2.17 bits per heavy atom. The topological polar surface area (TPSA) is 45.6 Å². The molecule has 1 fully saturated rings. The van der Waals surface area contributed by atoms with Gasteiger partial charge in [0.25, 0.3) is 0 Å². The van der Waals surface area contributed by atoms with E-state index in [1.54, 1.807) is 6.20 Å². The summed E-state index contributed by atoms with van der Waals surface area (Å²) in [5.74, 6) is 0. The number of halogens is 1. The van der Waals surface area contributed by atoms with E-state index in [9.17, 15) is 0 Å². The smallest absolute Gasteiger partial charge is 0.0701 e. The first kappa shape index (κ1) is 13.9. The fraction of sp³-hybridized carbons (Fsp3) is 0.615. The summed E-state index contributed by atoms with van der Waals surface area (Å²) in [5.41, 5.74) is 1.24. The maximum Gasteiger partial charge on any atom is 0.0701 e. The first-order chi connectivity index (χ1) is 8.78. The summed E-state index contributed by atoms with van der Waals surface area (Å²) in [7, 11) is 0. The van der Waals surface area contributed by atoms with Crippen molar-refractivity contribution in [1.29, 1.82) is 0 Å². The Hall–Kier alpha value is -0.490. The van der Waals surface area contributed by atoms with Crippen molar-refractivity contribution in [2.24, 2.45) is 0 Å². The maximum atomic E-state index is 8.72. The lowest BCUT2D eigenvalue weighted by Crippen LogP contribution is -2.36. The van der Waals surface area contributed by atoms with Crippen LogP contribution in [-0.4, -0.2) is 47.4 Å². The molecule has 1 aliphatic rings. The van der Waals surface area contributed by atoms with Crippen LogP contribution in [0.1, 0.15) is 18.4 Å². The third kappa shape index (κ3) is 4.31. The SMILES string of the molecule is OCCOC1CCN(Cc2cncc(Br)c2)CC1. The first-order valence-corrected chi connectivity index (χ1v) is 7.11. The van der Waals surface area contributed by atoms with Gasteiger partial charge in [-0.3, -0.25) is 9.88 Å². The van der Waals surface area contributed by atoms with Gasteiger partial charge in [0.05, 0.1) is 19.3 Å². The summed E-state index contributed by atoms with van der Waals surface area (Å²) >= 11 is 3.44. The summed E-state index contributed by atoms with van der Waals surface area (Å²) in [4.78, 5) is 6.60. The molecular weight excluding hydrogens is 296 g/mol. The quantitative estimate of drug-likeness (QED) is 0.900. The second kappa shape index (κ2) is 7.19. The number of ether oxygens (including phenoxy) is 1. The molecule has 1 aliphatic heterocycles. The summed E-state index contributed by atoms with van der Waals surface area (Å²) < 4.78 is 6.58. The second-order valence-electron chi connectivity index (χ2n) is 4.58. The Labute approximate surface area is 116 Å². The summed E-state index contributed by atoms with van der Waals surface area (Å²) in [6, 6.07) is 2.11. The highest BCUT2D eigenvalue weighted by Crippen LogP contribution is 2.17. The maximum absolute atomic E-state index is 8.72. The van der Waals surface area contributed by atoms with Gasteiger partial charge in [0, 0.05) is 36.5 Å². The van der Waals surface area contributed by atoms with Gasteiger partial charge in [0.2, 0.25) is 0 Å². The number of aliphatic hydroxyl groups is 1. The zero-order chi connectivity index (χ0) is 12.8. The van der Waals surface area contributed by atoms with Crippen molar-refractivity contribution in [1.82, 2.24) is 9.88 Å². The van der Waals surface area contributed by atoms with Crippen LogP contribution >= 0.6 is 15.9 Å². The number of pyridine rings is 1. The number of likely N-dealkylation sites (tertiary alicyclic amines) is 1. The molecule has 0 aliphatic carbocycles. The molecule has 0 saturated carbocycles. The normalized spacial score (nSPS) is 18.1. The van der Waals surface area contributed by atoms with Crippen LogP contribution < -0.4 is 0 Å². The highest BCUT2D eigenvalue weighted by molar-refractivity contribution is 9.10. The Morgan fingerprint density at radius 3 is 2.83 bits per heavy atom. The lowest BCUT2D eigenvalue weighted by molar-refractivity contribution is -0.00902. The van der Waals surface area contributed by atoms with Crippen LogP contribution in [0.5, 0.6) is 0 Å². The molecule has 0 atom stereocenters. The highest BCUT2D eigenvalue weighted by atomic mass is 79.9. The third-order valence-electron chi connectivity index (χ3n) is 3.15. The average Bonchev–Trinajstić information content (AvgIpc) is 2.38. The molecule has 1 aromatic heterocycles. The lowest BCUT2D eigenvalue weighted by Gasteiger charge is -2.31. The Balaban J connectivity index is 1.76. The molecule has 0 bridgehead atoms. The summed E-state index contributed by atoms with van der Waals surface area (Å²) in [6.07, 6.45) is 6.12. The van der Waals surface area contributed by atoms with Gasteiger partial charge in [0.15, 0.2) is 0 Å². The van der Waals surface area contributed by atoms with Crippen LogP contribution in [-0.2, 0) is 11.3 Å². The number of hydrogen-bond acceptors (Lipinski definition) is 4. The van der Waals surface area contributed by atoms with Crippen LogP contribution in [0.15, 0.2) is 22.9 Å². The van der Waals surface area contributed by atoms with Gasteiger partial charge < -0.3 is 9.84 Å². The molecule has 0 unspecified atom stereocenters. The second-order valence-corrected chi connectivity index (χ2v) is 5.50. The molecule has 2 rings (SSSR count). The number of piperidine rings is 1. The molecule has 18 heavy (non-hydrogen) atoms. The van der Waals surface area contributed by atoms with Gasteiger partial charge in [-0.1, -0.05) is 0 Å². The largest absolute Gasteiger partial charge is 0.394 e. The van der Waals surface area contributed by atoms with Crippen molar-refractivity contribution in [3.8, 4) is 0 Å². The van der Waals surface area contributed by atoms with E-state index in [-0.39, 0.29) is 6.61 Å². The zero-order valence-corrected chi connectivity index (χ0v) is 12.0. The molecule has 1 aromatic rings. The van der Waals surface area contributed by atoms with E-state index >= 15 is 0 Å². The summed E-state index contributed by atoms with van der Waals surface area (Å²) in [6.45, 7) is 3.61. The van der Waals surface area contributed by atoms with E-state index in [0.717, 1.165) is 36.9 Å². The molecule has 1 saturated heterocycles. The number of aromatic nitrogens is 1. The van der Waals surface area contributed by atoms with E-state index < -0.39 is 0 Å². The molecule has 0 aromatic carbocycles. The standard InChI is InChI=1S/C13H19BrN2O2/c14-12-7-11(8-15-9-12)10-16-3-1-13(2-4-16)18-6-5-17/h7-9,13,17H,1-6,10H2. The van der Waals surface area contributed by atoms with Gasteiger partial charge in [0.1, 0.15) is 0 Å². The van der Waals surface area contributed by atoms with Gasteiger partial charge in [-0.25, -0.2) is 0 Å². The Kier molecular flexibility index (Phi) is 5.56. The molecule has 0 radical (unpaired) electrons. The fourth-order valence-electron chi connectivity index (χ4n) is 2.25. The molecule has 4 nitrogen and oxygen atoms in total. The van der Waals surface area contributed by atoms with Crippen LogP contribution in [0.2, 0.25) is 0 Å². The predicted molar refractivity (Wildman–Crippen MR) is 73.3 cm³/mol. The average molecular weight is 315 g/mol. The van der Waals surface area contributed by atoms with Crippen LogP contribution in [0.25, 0.3) is 0 Å². The van der Waals surface area contributed by atoms with Crippen molar-refractivity contribution >= 4 is 15.9 Å². The Morgan fingerprint density at radius 1 is 1.39 bits per heavy atom. The molecule has 0 spiro atoms. The fourth-order valence-corrected chi connectivity index (χ4v) is 2.67. The van der Waals surface area contributed by atoms with E-state index in [0.29, 0.717) is 12.7 Å². The summed E-state index contributed by atoms with van der Waals surface area (Å²) in [5, 5.41) is 8.72. The van der Waals surface area contributed by atoms with E-state index in [1.165, 1.54) is 5.56 Å². The number of nitrogens with zero attached hydrogens (tertiary/aromatic N) is 2. The van der Waals surface area contributed by atoms with Gasteiger partial charge in [-0.2, -0.15) is 0 Å². The Bertz CT molecular complexity index is 368. The van der Waals surface area contributed by atoms with Crippen molar-refractivity contribution in [3.63, 3.8) is 0 Å². The van der Waals surface area contributed by atoms with E-state index in [1.807, 2.05) is 6.20 Å². The van der Waals surface area contributed by atoms with Crippen molar-refractivity contribution < 1.29 is 9.84 Å². The number of rotatable bonds is 5. The number of hydrogen-bond donors (Lipinski definition) is 1. The van der Waals surface area contributed by atoms with Gasteiger partial charge in [-0.05, 0) is 40.4 Å². The van der Waals surface area contributed by atoms with Gasteiger partial charge >= 0.3 is 0 Å². The molecule has 100 valence electrons. The molecule has 0 amide bonds. The monoisotopic (exact) mass is 314 g/mol. The minimum absolute atomic E-state index is 0.115. The molecule has 2 heterocycles. The third-order valence-corrected chi connectivity index (χ3v) is 3.58. The van der Waals surface area contributed by atoms with Crippen LogP contribution in [0.3, 0.4) is 0 Å². The van der Waals surface area contributed by atoms with Crippen molar-refractivity contribution in [2.75, 3.05) is 26.3 Å². The van der Waals surface area contributed by atoms with Crippen molar-refractivity contribution in [2.45, 2.75) is 25.5 Å². The van der Waals surface area contributed by atoms with Crippen molar-refractivity contribution in [3.05, 3.63) is 28.5 Å². The minimum atomic E-state index is 0.115. The van der Waals surface area contributed by atoms with E-state index in [2.05, 4.69) is 31.9 Å². The first-order valence-electron chi connectivity index (χ1n) is 6.32. The van der Waals surface area contributed by atoms with Crippen LogP contribution in [0.4, 0.5) is 0 Å². The molecule has 1 N–H and O–H groups in total. The van der Waals surface area contributed by atoms with E-state index in [4.69, 9.17) is 9.84 Å². The predicted octanol–water partition coefficient (Wildman–Crippen LogP) is 1.82. The molecular formula is C13H19BrN2O2. The molecule has 5 heteroatoms. The lowest BCUT2D eigenvalue weighted by atomic mass is 10.1.